The number of benzene rings is 1. The van der Waals surface area contributed by atoms with Gasteiger partial charge in [-0.3, -0.25) is 4.79 Å². The molecule has 2 saturated heterocycles. The van der Waals surface area contributed by atoms with E-state index in [1.54, 1.807) is 0 Å². The highest BCUT2D eigenvalue weighted by Gasteiger charge is 2.39. The molecular formula is C22H31N3O. The molecule has 0 bridgehead atoms. The van der Waals surface area contributed by atoms with E-state index in [1.165, 1.54) is 42.3 Å². The second-order valence-electron chi connectivity index (χ2n) is 8.20. The smallest absolute Gasteiger partial charge is 0.222 e. The first kappa shape index (κ1) is 17.6. The van der Waals surface area contributed by atoms with Gasteiger partial charge in [-0.1, -0.05) is 18.2 Å². The number of para-hydroxylation sites is 1. The Kier molecular flexibility index (Phi) is 5.03. The SMILES string of the molecule is CN1CCCC12CCCN(C(=O)CCCc1c[nH]c3ccccc13)CC2. The van der Waals surface area contributed by atoms with Crippen LogP contribution in [0.15, 0.2) is 30.5 Å². The molecule has 0 radical (unpaired) electrons. The summed E-state index contributed by atoms with van der Waals surface area (Å²) in [6, 6.07) is 8.41. The first-order valence-electron chi connectivity index (χ1n) is 10.2. The van der Waals surface area contributed by atoms with E-state index in [2.05, 4.69) is 52.3 Å². The number of aromatic amines is 1. The molecule has 1 N–H and O–H groups in total. The fraction of sp³-hybridized carbons (Fsp3) is 0.591. The van der Waals surface area contributed by atoms with Gasteiger partial charge in [-0.15, -0.1) is 0 Å². The van der Waals surface area contributed by atoms with Crippen molar-refractivity contribution in [1.82, 2.24) is 14.8 Å². The van der Waals surface area contributed by atoms with Crippen molar-refractivity contribution in [3.05, 3.63) is 36.0 Å². The molecule has 1 aromatic carbocycles. The summed E-state index contributed by atoms with van der Waals surface area (Å²) in [5.74, 6) is 0.350. The van der Waals surface area contributed by atoms with Crippen molar-refractivity contribution in [3.8, 4) is 0 Å². The minimum absolute atomic E-state index is 0.350. The highest BCUT2D eigenvalue weighted by Crippen LogP contribution is 2.37. The molecule has 140 valence electrons. The maximum atomic E-state index is 12.7. The van der Waals surface area contributed by atoms with Crippen molar-refractivity contribution in [3.63, 3.8) is 0 Å². The van der Waals surface area contributed by atoms with E-state index < -0.39 is 0 Å². The zero-order valence-corrected chi connectivity index (χ0v) is 16.0. The summed E-state index contributed by atoms with van der Waals surface area (Å²) in [5, 5.41) is 1.29. The highest BCUT2D eigenvalue weighted by atomic mass is 16.2. The van der Waals surface area contributed by atoms with Crippen LogP contribution in [0.3, 0.4) is 0 Å². The van der Waals surface area contributed by atoms with Gasteiger partial charge in [0.05, 0.1) is 0 Å². The van der Waals surface area contributed by atoms with Gasteiger partial charge in [-0.2, -0.15) is 0 Å². The number of likely N-dealkylation sites (tertiary alicyclic amines) is 2. The molecule has 1 atom stereocenters. The summed E-state index contributed by atoms with van der Waals surface area (Å²) < 4.78 is 0. The van der Waals surface area contributed by atoms with Gasteiger partial charge < -0.3 is 14.8 Å². The maximum absolute atomic E-state index is 12.7. The van der Waals surface area contributed by atoms with Gasteiger partial charge in [0.1, 0.15) is 0 Å². The molecule has 1 spiro atoms. The van der Waals surface area contributed by atoms with Crippen LogP contribution in [0.2, 0.25) is 0 Å². The first-order valence-corrected chi connectivity index (χ1v) is 10.2. The summed E-state index contributed by atoms with van der Waals surface area (Å²) in [6.07, 6.45) is 10.8. The minimum Gasteiger partial charge on any atom is -0.361 e. The Labute approximate surface area is 156 Å². The standard InChI is InChI=1S/C22H31N3O/c1-24-14-5-11-22(24)12-6-15-25(16-13-22)21(26)10-4-7-18-17-23-20-9-3-2-8-19(18)20/h2-3,8-9,17,23H,4-7,10-16H2,1H3. The molecule has 3 heterocycles. The number of hydrogen-bond donors (Lipinski definition) is 1. The lowest BCUT2D eigenvalue weighted by atomic mass is 9.88. The lowest BCUT2D eigenvalue weighted by molar-refractivity contribution is -0.131. The number of hydrogen-bond acceptors (Lipinski definition) is 2. The molecule has 2 aliphatic heterocycles. The Balaban J connectivity index is 1.30. The molecule has 2 fully saturated rings. The molecule has 4 rings (SSSR count). The summed E-state index contributed by atoms with van der Waals surface area (Å²) in [5.41, 5.74) is 2.89. The second-order valence-corrected chi connectivity index (χ2v) is 8.20. The normalized spacial score (nSPS) is 24.4. The van der Waals surface area contributed by atoms with Crippen LogP contribution in [0.4, 0.5) is 0 Å². The Morgan fingerprint density at radius 2 is 1.92 bits per heavy atom. The number of nitrogens with one attached hydrogen (secondary N) is 1. The number of amides is 1. The predicted octanol–water partition coefficient (Wildman–Crippen LogP) is 3.97. The van der Waals surface area contributed by atoms with E-state index >= 15 is 0 Å². The van der Waals surface area contributed by atoms with Crippen molar-refractivity contribution >= 4 is 16.8 Å². The number of carbonyl (C=O) groups excluding carboxylic acids is 1. The summed E-state index contributed by atoms with van der Waals surface area (Å²) >= 11 is 0. The maximum Gasteiger partial charge on any atom is 0.222 e. The zero-order chi connectivity index (χ0) is 18.0. The fourth-order valence-corrected chi connectivity index (χ4v) is 5.06. The second kappa shape index (κ2) is 7.43. The quantitative estimate of drug-likeness (QED) is 0.903. The van der Waals surface area contributed by atoms with Crippen LogP contribution in [0, 0.1) is 0 Å². The third-order valence-corrected chi connectivity index (χ3v) is 6.73. The molecule has 1 unspecified atom stereocenters. The predicted molar refractivity (Wildman–Crippen MR) is 106 cm³/mol. The lowest BCUT2D eigenvalue weighted by Crippen LogP contribution is -2.42. The van der Waals surface area contributed by atoms with Crippen LogP contribution >= 0.6 is 0 Å². The average molecular weight is 354 g/mol. The van der Waals surface area contributed by atoms with Crippen molar-refractivity contribution < 1.29 is 4.79 Å². The van der Waals surface area contributed by atoms with Gasteiger partial charge in [0.25, 0.3) is 0 Å². The van der Waals surface area contributed by atoms with E-state index in [1.807, 2.05) is 0 Å². The van der Waals surface area contributed by atoms with Gasteiger partial charge >= 0.3 is 0 Å². The third-order valence-electron chi connectivity index (χ3n) is 6.73. The van der Waals surface area contributed by atoms with Crippen molar-refractivity contribution in [2.75, 3.05) is 26.7 Å². The Morgan fingerprint density at radius 3 is 2.73 bits per heavy atom. The molecule has 4 heteroatoms. The molecule has 2 aromatic rings. The number of H-pyrrole nitrogens is 1. The first-order chi connectivity index (χ1) is 12.7. The number of aromatic nitrogens is 1. The van der Waals surface area contributed by atoms with E-state index in [0.717, 1.165) is 38.8 Å². The van der Waals surface area contributed by atoms with Crippen molar-refractivity contribution in [1.29, 1.82) is 0 Å². The van der Waals surface area contributed by atoms with Crippen LogP contribution in [0.1, 0.15) is 50.5 Å². The third kappa shape index (κ3) is 3.39. The molecule has 1 amide bonds. The summed E-state index contributed by atoms with van der Waals surface area (Å²) in [7, 11) is 2.27. The van der Waals surface area contributed by atoms with Crippen molar-refractivity contribution in [2.24, 2.45) is 0 Å². The van der Waals surface area contributed by atoms with Gasteiger partial charge in [0, 0.05) is 42.1 Å². The Bertz CT molecular complexity index is 768. The van der Waals surface area contributed by atoms with Gasteiger partial charge in [-0.05, 0) is 70.2 Å². The molecule has 26 heavy (non-hydrogen) atoms. The molecular weight excluding hydrogens is 322 g/mol. The van der Waals surface area contributed by atoms with Crippen LogP contribution in [0.25, 0.3) is 10.9 Å². The largest absolute Gasteiger partial charge is 0.361 e. The minimum atomic E-state index is 0.350. The van der Waals surface area contributed by atoms with Crippen LogP contribution in [-0.2, 0) is 11.2 Å². The Hall–Kier alpha value is -1.81. The average Bonchev–Trinajstić information content (AvgIpc) is 3.14. The zero-order valence-electron chi connectivity index (χ0n) is 16.0. The van der Waals surface area contributed by atoms with Gasteiger partial charge in [-0.25, -0.2) is 0 Å². The van der Waals surface area contributed by atoms with Gasteiger partial charge in [0.2, 0.25) is 5.91 Å². The summed E-state index contributed by atoms with van der Waals surface area (Å²) in [6.45, 7) is 3.11. The van der Waals surface area contributed by atoms with Gasteiger partial charge in [0.15, 0.2) is 0 Å². The van der Waals surface area contributed by atoms with E-state index in [9.17, 15) is 4.79 Å². The molecule has 0 saturated carbocycles. The van der Waals surface area contributed by atoms with Crippen LogP contribution < -0.4 is 0 Å². The number of carbonyl (C=O) groups is 1. The molecule has 1 aromatic heterocycles. The fourth-order valence-electron chi connectivity index (χ4n) is 5.06. The lowest BCUT2D eigenvalue weighted by Gasteiger charge is -2.35. The molecule has 4 nitrogen and oxygen atoms in total. The van der Waals surface area contributed by atoms with E-state index in [-0.39, 0.29) is 0 Å². The Morgan fingerprint density at radius 1 is 1.12 bits per heavy atom. The number of nitrogens with zero attached hydrogens (tertiary/aromatic N) is 2. The van der Waals surface area contributed by atoms with Crippen LogP contribution in [-0.4, -0.2) is 52.9 Å². The molecule has 2 aliphatic rings. The summed E-state index contributed by atoms with van der Waals surface area (Å²) in [4.78, 5) is 20.8. The monoisotopic (exact) mass is 353 g/mol. The van der Waals surface area contributed by atoms with Crippen LogP contribution in [0.5, 0.6) is 0 Å². The highest BCUT2D eigenvalue weighted by molar-refractivity contribution is 5.83. The number of rotatable bonds is 4. The number of aryl methyl sites for hydroxylation is 1. The number of fused-ring (bicyclic) bond motifs is 1. The van der Waals surface area contributed by atoms with E-state index in [0.29, 0.717) is 17.9 Å². The van der Waals surface area contributed by atoms with Crippen molar-refractivity contribution in [2.45, 2.75) is 56.9 Å². The van der Waals surface area contributed by atoms with E-state index in [4.69, 9.17) is 0 Å². The molecule has 0 aliphatic carbocycles. The topological polar surface area (TPSA) is 39.3 Å².